The van der Waals surface area contributed by atoms with Gasteiger partial charge in [-0.1, -0.05) is 12.1 Å². The molecule has 0 spiro atoms. The molecule has 0 saturated heterocycles. The number of methoxy groups -OCH3 is 1. The summed E-state index contributed by atoms with van der Waals surface area (Å²) < 4.78 is 6.59. The van der Waals surface area contributed by atoms with E-state index in [2.05, 4.69) is 10.1 Å². The van der Waals surface area contributed by atoms with E-state index in [1.54, 1.807) is 19.2 Å². The Morgan fingerprint density at radius 2 is 2.04 bits per heavy atom. The molecule has 23 heavy (non-hydrogen) atoms. The number of H-pyrrole nitrogens is 1. The number of aromatic carboxylic acids is 1. The first-order chi connectivity index (χ1) is 11.0. The van der Waals surface area contributed by atoms with Gasteiger partial charge in [0.05, 0.1) is 19.0 Å². The molecule has 0 radical (unpaired) electrons. The normalized spacial score (nSPS) is 10.8. The summed E-state index contributed by atoms with van der Waals surface area (Å²) in [5.74, 6) is -1.35. The number of aromatic amines is 1. The van der Waals surface area contributed by atoms with Gasteiger partial charge in [-0.05, 0) is 17.7 Å². The van der Waals surface area contributed by atoms with Crippen molar-refractivity contribution >= 4 is 17.0 Å². The van der Waals surface area contributed by atoms with Gasteiger partial charge in [0.2, 0.25) is 0 Å². The van der Waals surface area contributed by atoms with E-state index in [-0.39, 0.29) is 11.0 Å². The molecular formula is C15H13N3O5. The lowest BCUT2D eigenvalue weighted by molar-refractivity contribution is 0.0692. The smallest absolute Gasteiger partial charge is 0.345 e. The van der Waals surface area contributed by atoms with Gasteiger partial charge >= 0.3 is 5.97 Å². The van der Waals surface area contributed by atoms with Crippen molar-refractivity contribution in [3.63, 3.8) is 0 Å². The molecule has 8 heteroatoms. The molecule has 0 atom stereocenters. The second-order valence-corrected chi connectivity index (χ2v) is 4.92. The van der Waals surface area contributed by atoms with E-state index < -0.39 is 22.8 Å². The average Bonchev–Trinajstić information content (AvgIpc) is 2.90. The van der Waals surface area contributed by atoms with Crippen molar-refractivity contribution in [1.82, 2.24) is 14.8 Å². The second-order valence-electron chi connectivity index (χ2n) is 4.92. The molecule has 0 fully saturated rings. The van der Waals surface area contributed by atoms with Gasteiger partial charge in [-0.3, -0.25) is 9.48 Å². The number of fused-ring (bicyclic) bond motifs is 1. The lowest BCUT2D eigenvalue weighted by atomic mass is 10.2. The van der Waals surface area contributed by atoms with E-state index in [1.165, 1.54) is 10.9 Å². The van der Waals surface area contributed by atoms with Crippen molar-refractivity contribution < 1.29 is 19.7 Å². The van der Waals surface area contributed by atoms with Gasteiger partial charge in [-0.2, -0.15) is 5.10 Å². The number of aromatic hydroxyl groups is 1. The number of ether oxygens (including phenoxy) is 1. The third kappa shape index (κ3) is 2.61. The number of nitrogens with zero attached hydrogens (tertiary/aromatic N) is 2. The summed E-state index contributed by atoms with van der Waals surface area (Å²) in [5.41, 5.74) is -0.524. The second kappa shape index (κ2) is 5.48. The topological polar surface area (TPSA) is 117 Å². The van der Waals surface area contributed by atoms with Crippen molar-refractivity contribution in [3.05, 3.63) is 51.9 Å². The van der Waals surface area contributed by atoms with Crippen LogP contribution >= 0.6 is 0 Å². The Bertz CT molecular complexity index is 940. The summed E-state index contributed by atoms with van der Waals surface area (Å²) in [6.07, 6.45) is 1.48. The number of benzene rings is 1. The highest BCUT2D eigenvalue weighted by Gasteiger charge is 2.20. The number of hydrogen-bond acceptors (Lipinski definition) is 5. The summed E-state index contributed by atoms with van der Waals surface area (Å²) in [5, 5.41) is 23.3. The van der Waals surface area contributed by atoms with Crippen molar-refractivity contribution in [1.29, 1.82) is 0 Å². The summed E-state index contributed by atoms with van der Waals surface area (Å²) >= 11 is 0. The third-order valence-electron chi connectivity index (χ3n) is 3.43. The van der Waals surface area contributed by atoms with E-state index in [9.17, 15) is 14.7 Å². The van der Waals surface area contributed by atoms with Gasteiger partial charge in [0.25, 0.3) is 5.56 Å². The van der Waals surface area contributed by atoms with Gasteiger partial charge in [0.15, 0.2) is 11.2 Å². The van der Waals surface area contributed by atoms with E-state index in [0.29, 0.717) is 6.54 Å². The molecule has 0 bridgehead atoms. The van der Waals surface area contributed by atoms with Crippen molar-refractivity contribution in [2.24, 2.45) is 0 Å². The number of carboxylic acid groups (broad SMARTS) is 1. The molecule has 3 N–H and O–H groups in total. The van der Waals surface area contributed by atoms with Crippen LogP contribution in [0.4, 0.5) is 0 Å². The van der Waals surface area contributed by atoms with Gasteiger partial charge in [0, 0.05) is 6.20 Å². The van der Waals surface area contributed by atoms with E-state index in [1.807, 2.05) is 12.1 Å². The molecular weight excluding hydrogens is 302 g/mol. The minimum absolute atomic E-state index is 0.131. The fourth-order valence-corrected chi connectivity index (χ4v) is 2.30. The predicted molar refractivity (Wildman–Crippen MR) is 81.1 cm³/mol. The van der Waals surface area contributed by atoms with Crippen molar-refractivity contribution in [2.75, 3.05) is 7.11 Å². The zero-order chi connectivity index (χ0) is 16.6. The SMILES string of the molecule is COc1ccc(Cn2cc3c(O)c(C(=O)O)c(=O)[nH]c3n2)cc1. The molecule has 1 aromatic carbocycles. The maximum Gasteiger partial charge on any atom is 0.345 e. The third-order valence-corrected chi connectivity index (χ3v) is 3.43. The summed E-state index contributed by atoms with van der Waals surface area (Å²) in [7, 11) is 1.58. The molecule has 8 nitrogen and oxygen atoms in total. The first-order valence-corrected chi connectivity index (χ1v) is 6.68. The van der Waals surface area contributed by atoms with Gasteiger partial charge < -0.3 is 19.9 Å². The Morgan fingerprint density at radius 3 is 2.65 bits per heavy atom. The quantitative estimate of drug-likeness (QED) is 0.665. The predicted octanol–water partition coefficient (Wildman–Crippen LogP) is 1.19. The molecule has 3 aromatic rings. The number of carbonyl (C=O) groups is 1. The molecule has 0 amide bonds. The number of nitrogens with one attached hydrogen (secondary N) is 1. The Morgan fingerprint density at radius 1 is 1.35 bits per heavy atom. The lowest BCUT2D eigenvalue weighted by Gasteiger charge is -2.03. The first kappa shape index (κ1) is 14.6. The Labute approximate surface area is 129 Å². The molecule has 0 saturated carbocycles. The molecule has 0 aliphatic heterocycles. The number of hydrogen-bond donors (Lipinski definition) is 3. The van der Waals surface area contributed by atoms with Gasteiger partial charge in [-0.15, -0.1) is 0 Å². The summed E-state index contributed by atoms with van der Waals surface area (Å²) in [6.45, 7) is 0.391. The monoisotopic (exact) mass is 315 g/mol. The zero-order valence-corrected chi connectivity index (χ0v) is 12.1. The Kier molecular flexibility index (Phi) is 3.49. The largest absolute Gasteiger partial charge is 0.506 e. The number of aromatic nitrogens is 3. The van der Waals surface area contributed by atoms with Crippen LogP contribution in [0.1, 0.15) is 15.9 Å². The zero-order valence-electron chi connectivity index (χ0n) is 12.1. The van der Waals surface area contributed by atoms with Crippen LogP contribution in [-0.4, -0.2) is 38.1 Å². The summed E-state index contributed by atoms with van der Waals surface area (Å²) in [6, 6.07) is 7.33. The van der Waals surface area contributed by atoms with E-state index in [0.717, 1.165) is 11.3 Å². The standard InChI is InChI=1S/C15H13N3O5/c1-23-9-4-2-8(3-5-9)6-18-7-10-12(19)11(15(21)22)14(20)16-13(10)17-18/h2-5,7,19H,6H2,1H3,(H,21,22)(H,16,17,20). The van der Waals surface area contributed by atoms with Crippen LogP contribution in [0, 0.1) is 0 Å². The van der Waals surface area contributed by atoms with Crippen LogP contribution in [0.15, 0.2) is 35.3 Å². The van der Waals surface area contributed by atoms with Crippen LogP contribution in [0.25, 0.3) is 11.0 Å². The number of carboxylic acids is 1. The van der Waals surface area contributed by atoms with Crippen molar-refractivity contribution in [2.45, 2.75) is 6.54 Å². The average molecular weight is 315 g/mol. The van der Waals surface area contributed by atoms with Gasteiger partial charge in [0.1, 0.15) is 11.5 Å². The summed E-state index contributed by atoms with van der Waals surface area (Å²) in [4.78, 5) is 25.1. The van der Waals surface area contributed by atoms with E-state index >= 15 is 0 Å². The molecule has 0 unspecified atom stereocenters. The number of rotatable bonds is 4. The fourth-order valence-electron chi connectivity index (χ4n) is 2.30. The molecule has 3 rings (SSSR count). The van der Waals surface area contributed by atoms with E-state index in [4.69, 9.17) is 9.84 Å². The van der Waals surface area contributed by atoms with Crippen LogP contribution in [0.2, 0.25) is 0 Å². The lowest BCUT2D eigenvalue weighted by Crippen LogP contribution is -2.17. The molecule has 2 heterocycles. The van der Waals surface area contributed by atoms with Crippen LogP contribution in [-0.2, 0) is 6.54 Å². The van der Waals surface area contributed by atoms with Gasteiger partial charge in [-0.25, -0.2) is 4.79 Å². The maximum atomic E-state index is 11.7. The molecule has 2 aromatic heterocycles. The first-order valence-electron chi connectivity index (χ1n) is 6.68. The van der Waals surface area contributed by atoms with Crippen LogP contribution in [0.5, 0.6) is 11.5 Å². The van der Waals surface area contributed by atoms with Crippen molar-refractivity contribution in [3.8, 4) is 11.5 Å². The molecule has 118 valence electrons. The van der Waals surface area contributed by atoms with Crippen LogP contribution in [0.3, 0.4) is 0 Å². The highest BCUT2D eigenvalue weighted by atomic mass is 16.5. The molecule has 0 aliphatic rings. The molecule has 0 aliphatic carbocycles. The highest BCUT2D eigenvalue weighted by molar-refractivity contribution is 5.97. The van der Waals surface area contributed by atoms with Crippen LogP contribution < -0.4 is 10.3 Å². The number of pyridine rings is 1. The maximum absolute atomic E-state index is 11.7. The highest BCUT2D eigenvalue weighted by Crippen LogP contribution is 2.24. The minimum atomic E-state index is -1.49. The Hall–Kier alpha value is -3.29. The fraction of sp³-hybridized carbons (Fsp3) is 0.133. The minimum Gasteiger partial charge on any atom is -0.506 e. The Balaban J connectivity index is 2.01.